The minimum atomic E-state index is 0. The predicted octanol–water partition coefficient (Wildman–Crippen LogP) is 3.86. The molecule has 0 amide bonds. The molecule has 134 valence electrons. The zero-order chi connectivity index (χ0) is 15.8. The van der Waals surface area contributed by atoms with Crippen LogP contribution in [0.15, 0.2) is 4.99 Å². The van der Waals surface area contributed by atoms with Gasteiger partial charge in [0.25, 0.3) is 0 Å². The average Bonchev–Trinajstić information content (AvgIpc) is 2.47. The van der Waals surface area contributed by atoms with Crippen molar-refractivity contribution in [1.82, 2.24) is 15.5 Å². The molecule has 0 unspecified atom stereocenters. The van der Waals surface area contributed by atoms with Crippen LogP contribution < -0.4 is 10.6 Å². The minimum Gasteiger partial charge on any atom is -0.356 e. The fourth-order valence-electron chi connectivity index (χ4n) is 2.27. The van der Waals surface area contributed by atoms with E-state index in [0.29, 0.717) is 0 Å². The quantitative estimate of drug-likeness (QED) is 0.203. The summed E-state index contributed by atoms with van der Waals surface area (Å²) in [6.07, 6.45) is 11.7. The summed E-state index contributed by atoms with van der Waals surface area (Å²) >= 11 is 0. The second-order valence-corrected chi connectivity index (χ2v) is 6.06. The average molecular weight is 426 g/mol. The third-order valence-corrected chi connectivity index (χ3v) is 3.62. The van der Waals surface area contributed by atoms with Crippen molar-refractivity contribution in [3.63, 3.8) is 0 Å². The number of guanidine groups is 1. The molecule has 0 aliphatic carbocycles. The Morgan fingerprint density at radius 3 is 1.82 bits per heavy atom. The summed E-state index contributed by atoms with van der Waals surface area (Å²) in [5.41, 5.74) is 0. The van der Waals surface area contributed by atoms with E-state index in [-0.39, 0.29) is 24.0 Å². The molecular weight excluding hydrogens is 387 g/mol. The van der Waals surface area contributed by atoms with Crippen LogP contribution in [0.25, 0.3) is 0 Å². The molecule has 4 nitrogen and oxygen atoms in total. The summed E-state index contributed by atoms with van der Waals surface area (Å²) in [7, 11) is 6.14. The van der Waals surface area contributed by atoms with Crippen LogP contribution in [0.1, 0.15) is 64.7 Å². The molecule has 0 bridgehead atoms. The molecule has 0 aromatic carbocycles. The van der Waals surface area contributed by atoms with Gasteiger partial charge in [0.05, 0.1) is 0 Å². The molecule has 0 aromatic rings. The van der Waals surface area contributed by atoms with Crippen LogP contribution in [0, 0.1) is 0 Å². The lowest BCUT2D eigenvalue weighted by Gasteiger charge is -2.12. The largest absolute Gasteiger partial charge is 0.356 e. The van der Waals surface area contributed by atoms with Gasteiger partial charge in [-0.1, -0.05) is 45.4 Å². The Labute approximate surface area is 155 Å². The molecule has 0 aliphatic heterocycles. The lowest BCUT2D eigenvalue weighted by molar-refractivity contribution is 0.389. The molecule has 0 aliphatic rings. The van der Waals surface area contributed by atoms with Gasteiger partial charge in [0.15, 0.2) is 5.96 Å². The van der Waals surface area contributed by atoms with Crippen molar-refractivity contribution >= 4 is 29.9 Å². The molecule has 0 radical (unpaired) electrons. The van der Waals surface area contributed by atoms with E-state index in [4.69, 9.17) is 0 Å². The summed E-state index contributed by atoms with van der Waals surface area (Å²) in [5.74, 6) is 0.958. The standard InChI is InChI=1S/C17H38N4.HI/c1-5-6-7-11-14-19-17(18-2)20-15-12-9-8-10-13-16-21(3)4;/h5-16H2,1-4H3,(H2,18,19,20);1H. The van der Waals surface area contributed by atoms with Crippen LogP contribution in [0.3, 0.4) is 0 Å². The Morgan fingerprint density at radius 2 is 1.32 bits per heavy atom. The van der Waals surface area contributed by atoms with E-state index >= 15 is 0 Å². The van der Waals surface area contributed by atoms with Crippen molar-refractivity contribution in [3.05, 3.63) is 0 Å². The van der Waals surface area contributed by atoms with Gasteiger partial charge in [-0.05, 0) is 39.9 Å². The Balaban J connectivity index is 0. The molecule has 0 aromatic heterocycles. The van der Waals surface area contributed by atoms with Gasteiger partial charge in [0.1, 0.15) is 0 Å². The van der Waals surface area contributed by atoms with Crippen LogP contribution in [0.5, 0.6) is 0 Å². The maximum atomic E-state index is 4.26. The van der Waals surface area contributed by atoms with Gasteiger partial charge in [0, 0.05) is 20.1 Å². The molecule has 22 heavy (non-hydrogen) atoms. The summed E-state index contributed by atoms with van der Waals surface area (Å²) in [6.45, 7) is 5.52. The summed E-state index contributed by atoms with van der Waals surface area (Å²) in [6, 6.07) is 0. The van der Waals surface area contributed by atoms with Gasteiger partial charge >= 0.3 is 0 Å². The van der Waals surface area contributed by atoms with Crippen LogP contribution in [0.4, 0.5) is 0 Å². The maximum Gasteiger partial charge on any atom is 0.190 e. The molecule has 0 saturated carbocycles. The Bertz CT molecular complexity index is 245. The van der Waals surface area contributed by atoms with Crippen molar-refractivity contribution < 1.29 is 0 Å². The maximum absolute atomic E-state index is 4.26. The smallest absolute Gasteiger partial charge is 0.190 e. The highest BCUT2D eigenvalue weighted by molar-refractivity contribution is 14.0. The van der Waals surface area contributed by atoms with Gasteiger partial charge in [-0.15, -0.1) is 24.0 Å². The summed E-state index contributed by atoms with van der Waals surface area (Å²) < 4.78 is 0. The molecule has 0 rings (SSSR count). The first-order valence-electron chi connectivity index (χ1n) is 8.80. The molecule has 0 saturated heterocycles. The molecule has 5 heteroatoms. The van der Waals surface area contributed by atoms with Gasteiger partial charge < -0.3 is 15.5 Å². The van der Waals surface area contributed by atoms with E-state index in [1.807, 2.05) is 7.05 Å². The van der Waals surface area contributed by atoms with Crippen molar-refractivity contribution in [1.29, 1.82) is 0 Å². The van der Waals surface area contributed by atoms with E-state index in [1.165, 1.54) is 64.3 Å². The number of rotatable bonds is 13. The van der Waals surface area contributed by atoms with Crippen LogP contribution in [-0.4, -0.2) is 51.6 Å². The zero-order valence-electron chi connectivity index (χ0n) is 15.3. The molecular formula is C17H39IN4. The first-order chi connectivity index (χ1) is 10.2. The van der Waals surface area contributed by atoms with Gasteiger partial charge in [-0.2, -0.15) is 0 Å². The number of nitrogens with one attached hydrogen (secondary N) is 2. The number of halogens is 1. The first-order valence-corrected chi connectivity index (χ1v) is 8.80. The summed E-state index contributed by atoms with van der Waals surface area (Å²) in [5, 5.41) is 6.79. The fraction of sp³-hybridized carbons (Fsp3) is 0.941. The Kier molecular flexibility index (Phi) is 20.9. The number of unbranched alkanes of at least 4 members (excludes halogenated alkanes) is 7. The van der Waals surface area contributed by atoms with Crippen LogP contribution >= 0.6 is 24.0 Å². The molecule has 0 atom stereocenters. The highest BCUT2D eigenvalue weighted by Crippen LogP contribution is 2.02. The van der Waals surface area contributed by atoms with Gasteiger partial charge in [-0.3, -0.25) is 4.99 Å². The molecule has 2 N–H and O–H groups in total. The van der Waals surface area contributed by atoms with Gasteiger partial charge in [-0.25, -0.2) is 0 Å². The lowest BCUT2D eigenvalue weighted by Crippen LogP contribution is -2.38. The molecule has 0 spiro atoms. The zero-order valence-corrected chi connectivity index (χ0v) is 17.6. The van der Waals surface area contributed by atoms with Crippen LogP contribution in [-0.2, 0) is 0 Å². The van der Waals surface area contributed by atoms with E-state index in [9.17, 15) is 0 Å². The Hall–Kier alpha value is -0.0400. The van der Waals surface area contributed by atoms with Crippen LogP contribution in [0.2, 0.25) is 0 Å². The predicted molar refractivity (Wildman–Crippen MR) is 111 cm³/mol. The third kappa shape index (κ3) is 18.0. The number of hydrogen-bond acceptors (Lipinski definition) is 2. The first kappa shape index (κ1) is 24.2. The van der Waals surface area contributed by atoms with Crippen molar-refractivity contribution in [2.24, 2.45) is 4.99 Å². The molecule has 0 fully saturated rings. The summed E-state index contributed by atoms with van der Waals surface area (Å²) in [4.78, 5) is 6.52. The van der Waals surface area contributed by atoms with E-state index in [1.54, 1.807) is 0 Å². The topological polar surface area (TPSA) is 39.7 Å². The monoisotopic (exact) mass is 426 g/mol. The lowest BCUT2D eigenvalue weighted by atomic mass is 10.1. The second kappa shape index (κ2) is 19.0. The Morgan fingerprint density at radius 1 is 0.818 bits per heavy atom. The fourth-order valence-corrected chi connectivity index (χ4v) is 2.27. The number of aliphatic imine (C=N–C) groups is 1. The van der Waals surface area contributed by atoms with E-state index in [2.05, 4.69) is 41.5 Å². The third-order valence-electron chi connectivity index (χ3n) is 3.62. The van der Waals surface area contributed by atoms with Crippen molar-refractivity contribution in [2.75, 3.05) is 40.8 Å². The highest BCUT2D eigenvalue weighted by atomic mass is 127. The second-order valence-electron chi connectivity index (χ2n) is 6.06. The SMILES string of the molecule is CCCCCCNC(=NC)NCCCCCCCN(C)C.I. The normalized spacial score (nSPS) is 11.4. The number of hydrogen-bond donors (Lipinski definition) is 2. The molecule has 0 heterocycles. The van der Waals surface area contributed by atoms with Crippen molar-refractivity contribution in [3.8, 4) is 0 Å². The van der Waals surface area contributed by atoms with Crippen molar-refractivity contribution in [2.45, 2.75) is 64.7 Å². The number of nitrogens with zero attached hydrogens (tertiary/aromatic N) is 2. The van der Waals surface area contributed by atoms with E-state index in [0.717, 1.165) is 19.0 Å². The minimum absolute atomic E-state index is 0. The van der Waals surface area contributed by atoms with Gasteiger partial charge in [0.2, 0.25) is 0 Å². The van der Waals surface area contributed by atoms with E-state index < -0.39 is 0 Å². The highest BCUT2D eigenvalue weighted by Gasteiger charge is 1.97.